The molecule has 0 aliphatic heterocycles. The number of hydrogen-bond donors (Lipinski definition) is 1. The van der Waals surface area contributed by atoms with Crippen LogP contribution in [-0.2, 0) is 19.4 Å². The molecule has 0 bridgehead atoms. The van der Waals surface area contributed by atoms with E-state index in [1.807, 2.05) is 53.2 Å². The summed E-state index contributed by atoms with van der Waals surface area (Å²) in [5.41, 5.74) is 2.73. The number of benzene rings is 2. The second-order valence-corrected chi connectivity index (χ2v) is 7.32. The van der Waals surface area contributed by atoms with E-state index in [-0.39, 0.29) is 0 Å². The lowest BCUT2D eigenvalue weighted by Crippen LogP contribution is -2.12. The molecule has 3 aromatic rings. The van der Waals surface area contributed by atoms with Crippen molar-refractivity contribution in [3.8, 4) is 11.1 Å². The molecular weight excluding hydrogens is 362 g/mol. The third-order valence-corrected chi connectivity index (χ3v) is 5.07. The van der Waals surface area contributed by atoms with E-state index in [2.05, 4.69) is 13.8 Å². The Balaban J connectivity index is 1.99. The molecule has 0 radical (unpaired) electrons. The molecule has 0 fully saturated rings. The molecule has 2 aromatic carbocycles. The molecule has 1 aromatic heterocycles. The molecule has 3 rings (SSSR count). The maximum Gasteiger partial charge on any atom is 0.336 e. The van der Waals surface area contributed by atoms with Crippen LogP contribution in [0, 0.1) is 0 Å². The van der Waals surface area contributed by atoms with Crippen LogP contribution >= 0.6 is 0 Å². The summed E-state index contributed by atoms with van der Waals surface area (Å²) < 4.78 is 1.90. The van der Waals surface area contributed by atoms with E-state index in [9.17, 15) is 9.90 Å². The van der Waals surface area contributed by atoms with Gasteiger partial charge in [0.15, 0.2) is 5.82 Å². The summed E-state index contributed by atoms with van der Waals surface area (Å²) in [5, 5.41) is 14.7. The van der Waals surface area contributed by atoms with Gasteiger partial charge < -0.3 is 5.11 Å². The van der Waals surface area contributed by atoms with Crippen LogP contribution in [0.5, 0.6) is 0 Å². The van der Waals surface area contributed by atoms with Crippen molar-refractivity contribution < 1.29 is 9.90 Å². The molecule has 152 valence electrons. The van der Waals surface area contributed by atoms with Gasteiger partial charge in [0.05, 0.1) is 12.1 Å². The van der Waals surface area contributed by atoms with Gasteiger partial charge in [-0.3, -0.25) is 0 Å². The SMILES string of the molecule is CCCCc1nc(CCCC)n(Cc2cccc(-c3ccccc3)c2C(=O)O)n1. The normalized spacial score (nSPS) is 11.0. The van der Waals surface area contributed by atoms with Crippen LogP contribution in [0.1, 0.15) is 67.1 Å². The minimum absolute atomic E-state index is 0.339. The third-order valence-electron chi connectivity index (χ3n) is 5.07. The standard InChI is InChI=1S/C24H29N3O2/c1-3-5-15-21-25-22(16-6-4-2)27(26-21)17-19-13-10-14-20(23(19)24(28)29)18-11-8-7-9-12-18/h7-14H,3-6,15-17H2,1-2H3,(H,28,29). The van der Waals surface area contributed by atoms with Gasteiger partial charge in [-0.1, -0.05) is 75.2 Å². The number of hydrogen-bond acceptors (Lipinski definition) is 3. The van der Waals surface area contributed by atoms with Crippen LogP contribution < -0.4 is 0 Å². The Morgan fingerprint density at radius 2 is 1.69 bits per heavy atom. The summed E-state index contributed by atoms with van der Waals surface area (Å²) >= 11 is 0. The zero-order valence-electron chi connectivity index (χ0n) is 17.3. The lowest BCUT2D eigenvalue weighted by atomic mass is 9.95. The minimum atomic E-state index is -0.916. The Kier molecular flexibility index (Phi) is 7.17. The van der Waals surface area contributed by atoms with Gasteiger partial charge in [0.2, 0.25) is 0 Å². The van der Waals surface area contributed by atoms with Crippen molar-refractivity contribution in [1.29, 1.82) is 0 Å². The number of unbranched alkanes of at least 4 members (excludes halogenated alkanes) is 2. The fourth-order valence-electron chi connectivity index (χ4n) is 3.52. The monoisotopic (exact) mass is 391 g/mol. The molecule has 0 aliphatic carbocycles. The summed E-state index contributed by atoms with van der Waals surface area (Å²) in [6, 6.07) is 15.3. The number of nitrogens with zero attached hydrogens (tertiary/aromatic N) is 3. The van der Waals surface area contributed by atoms with Crippen LogP contribution in [0.25, 0.3) is 11.1 Å². The van der Waals surface area contributed by atoms with Crippen LogP contribution in [0.2, 0.25) is 0 Å². The Morgan fingerprint density at radius 1 is 0.966 bits per heavy atom. The van der Waals surface area contributed by atoms with E-state index in [1.165, 1.54) is 0 Å². The summed E-state index contributed by atoms with van der Waals surface area (Å²) in [6.07, 6.45) is 6.00. The first-order chi connectivity index (χ1) is 14.1. The molecule has 0 aliphatic rings. The number of aryl methyl sites for hydroxylation is 2. The zero-order chi connectivity index (χ0) is 20.6. The van der Waals surface area contributed by atoms with Crippen molar-refractivity contribution in [3.05, 3.63) is 71.3 Å². The zero-order valence-corrected chi connectivity index (χ0v) is 17.3. The molecule has 0 unspecified atom stereocenters. The average Bonchev–Trinajstić information content (AvgIpc) is 3.12. The Bertz CT molecular complexity index is 948. The van der Waals surface area contributed by atoms with E-state index in [0.29, 0.717) is 12.1 Å². The van der Waals surface area contributed by atoms with Gasteiger partial charge in [-0.05, 0) is 29.5 Å². The first-order valence-corrected chi connectivity index (χ1v) is 10.5. The van der Waals surface area contributed by atoms with Crippen LogP contribution in [-0.4, -0.2) is 25.8 Å². The fourth-order valence-corrected chi connectivity index (χ4v) is 3.52. The summed E-state index contributed by atoms with van der Waals surface area (Å²) in [5.74, 6) is 0.884. The molecule has 5 heteroatoms. The Labute approximate surface area is 172 Å². The van der Waals surface area contributed by atoms with E-state index in [4.69, 9.17) is 10.1 Å². The Morgan fingerprint density at radius 3 is 2.38 bits per heavy atom. The quantitative estimate of drug-likeness (QED) is 0.504. The van der Waals surface area contributed by atoms with E-state index < -0.39 is 5.97 Å². The van der Waals surface area contributed by atoms with Crippen molar-refractivity contribution in [3.63, 3.8) is 0 Å². The number of carboxylic acid groups (broad SMARTS) is 1. The highest BCUT2D eigenvalue weighted by Crippen LogP contribution is 2.27. The molecule has 29 heavy (non-hydrogen) atoms. The molecule has 1 heterocycles. The van der Waals surface area contributed by atoms with Gasteiger partial charge >= 0.3 is 5.97 Å². The highest BCUT2D eigenvalue weighted by molar-refractivity contribution is 5.97. The highest BCUT2D eigenvalue weighted by atomic mass is 16.4. The summed E-state index contributed by atoms with van der Waals surface area (Å²) in [4.78, 5) is 16.9. The van der Waals surface area contributed by atoms with Gasteiger partial charge in [0.25, 0.3) is 0 Å². The van der Waals surface area contributed by atoms with Crippen molar-refractivity contribution >= 4 is 5.97 Å². The summed E-state index contributed by atoms with van der Waals surface area (Å²) in [6.45, 7) is 4.73. The minimum Gasteiger partial charge on any atom is -0.478 e. The van der Waals surface area contributed by atoms with E-state index in [0.717, 1.165) is 66.9 Å². The molecule has 1 N–H and O–H groups in total. The smallest absolute Gasteiger partial charge is 0.336 e. The van der Waals surface area contributed by atoms with Gasteiger partial charge in [-0.25, -0.2) is 14.5 Å². The van der Waals surface area contributed by atoms with Crippen molar-refractivity contribution in [1.82, 2.24) is 14.8 Å². The maximum absolute atomic E-state index is 12.2. The molecule has 0 spiro atoms. The van der Waals surface area contributed by atoms with Crippen LogP contribution in [0.15, 0.2) is 48.5 Å². The average molecular weight is 392 g/mol. The van der Waals surface area contributed by atoms with Crippen LogP contribution in [0.3, 0.4) is 0 Å². The van der Waals surface area contributed by atoms with Gasteiger partial charge in [-0.2, -0.15) is 5.10 Å². The van der Waals surface area contributed by atoms with Crippen molar-refractivity contribution in [2.75, 3.05) is 0 Å². The van der Waals surface area contributed by atoms with Gasteiger partial charge in [0, 0.05) is 12.8 Å². The molecule has 5 nitrogen and oxygen atoms in total. The molecule has 0 saturated carbocycles. The van der Waals surface area contributed by atoms with Crippen molar-refractivity contribution in [2.24, 2.45) is 0 Å². The van der Waals surface area contributed by atoms with E-state index in [1.54, 1.807) is 0 Å². The number of aromatic nitrogens is 3. The number of rotatable bonds is 10. The predicted octanol–water partition coefficient (Wildman–Crippen LogP) is 5.38. The Hall–Kier alpha value is -2.95. The second kappa shape index (κ2) is 10.0. The largest absolute Gasteiger partial charge is 0.478 e. The topological polar surface area (TPSA) is 68.0 Å². The van der Waals surface area contributed by atoms with Crippen LogP contribution in [0.4, 0.5) is 0 Å². The highest BCUT2D eigenvalue weighted by Gasteiger charge is 2.19. The second-order valence-electron chi connectivity index (χ2n) is 7.32. The third kappa shape index (κ3) is 5.11. The number of carboxylic acids is 1. The number of carbonyl (C=O) groups is 1. The summed E-state index contributed by atoms with van der Waals surface area (Å²) in [7, 11) is 0. The van der Waals surface area contributed by atoms with Gasteiger partial charge in [0.1, 0.15) is 5.82 Å². The first kappa shape index (κ1) is 20.8. The fraction of sp³-hybridized carbons (Fsp3) is 0.375. The van der Waals surface area contributed by atoms with Gasteiger partial charge in [-0.15, -0.1) is 0 Å². The number of aromatic carboxylic acids is 1. The maximum atomic E-state index is 12.2. The molecule has 0 amide bonds. The lowest BCUT2D eigenvalue weighted by molar-refractivity contribution is 0.0696. The molecular formula is C24H29N3O2. The molecule has 0 atom stereocenters. The lowest BCUT2D eigenvalue weighted by Gasteiger charge is -2.13. The van der Waals surface area contributed by atoms with Crippen molar-refractivity contribution in [2.45, 2.75) is 58.9 Å². The first-order valence-electron chi connectivity index (χ1n) is 10.5. The predicted molar refractivity (Wildman–Crippen MR) is 115 cm³/mol. The van der Waals surface area contributed by atoms with E-state index >= 15 is 0 Å². The molecule has 0 saturated heterocycles.